The predicted molar refractivity (Wildman–Crippen MR) is 69.3 cm³/mol. The van der Waals surface area contributed by atoms with Gasteiger partial charge in [-0.05, 0) is 25.0 Å². The molecule has 0 saturated carbocycles. The molecule has 0 amide bonds. The van der Waals surface area contributed by atoms with Gasteiger partial charge in [-0.3, -0.25) is 4.68 Å². The van der Waals surface area contributed by atoms with Crippen molar-refractivity contribution in [2.45, 2.75) is 33.2 Å². The van der Waals surface area contributed by atoms with Crippen LogP contribution in [0, 0.1) is 0 Å². The van der Waals surface area contributed by atoms with Crippen LogP contribution in [0.25, 0.3) is 16.5 Å². The predicted octanol–water partition coefficient (Wildman–Crippen LogP) is 3.87. The number of aromatic nitrogens is 2. The highest BCUT2D eigenvalue weighted by Gasteiger charge is 2.09. The number of unbranched alkanes of at least 4 members (excludes halogenated alkanes) is 1. The number of hydrogen-bond donors (Lipinski definition) is 0. The molecule has 0 atom stereocenters. The van der Waals surface area contributed by atoms with Crippen molar-refractivity contribution >= 4 is 16.5 Å². The van der Waals surface area contributed by atoms with E-state index in [0.29, 0.717) is 0 Å². The standard InChI is InChI=1S/C14H18N2/c1-4-5-10-16-13-9-7-6-8-12(13)14(15-16)11(2)3/h6-9H,2,4-5,10H2,1,3H3. The average Bonchev–Trinajstić information content (AvgIpc) is 2.65. The van der Waals surface area contributed by atoms with E-state index in [1.54, 1.807) is 0 Å². The van der Waals surface area contributed by atoms with Gasteiger partial charge in [0.05, 0.1) is 11.2 Å². The molecule has 0 aliphatic carbocycles. The average molecular weight is 214 g/mol. The van der Waals surface area contributed by atoms with Crippen LogP contribution in [0.3, 0.4) is 0 Å². The molecule has 2 aromatic rings. The van der Waals surface area contributed by atoms with Gasteiger partial charge < -0.3 is 0 Å². The Morgan fingerprint density at radius 1 is 1.38 bits per heavy atom. The lowest BCUT2D eigenvalue weighted by molar-refractivity contribution is 0.586. The number of aryl methyl sites for hydroxylation is 1. The Labute approximate surface area is 96.6 Å². The van der Waals surface area contributed by atoms with E-state index in [2.05, 4.69) is 47.5 Å². The molecule has 0 spiro atoms. The van der Waals surface area contributed by atoms with Crippen LogP contribution in [0.4, 0.5) is 0 Å². The third-order valence-electron chi connectivity index (χ3n) is 2.79. The maximum Gasteiger partial charge on any atom is 0.0952 e. The molecule has 2 heteroatoms. The second-order valence-electron chi connectivity index (χ2n) is 4.22. The minimum atomic E-state index is 0.990. The van der Waals surface area contributed by atoms with Crippen molar-refractivity contribution in [2.75, 3.05) is 0 Å². The van der Waals surface area contributed by atoms with Gasteiger partial charge in [0.2, 0.25) is 0 Å². The van der Waals surface area contributed by atoms with Crippen molar-refractivity contribution in [3.63, 3.8) is 0 Å². The normalized spacial score (nSPS) is 10.9. The molecule has 0 unspecified atom stereocenters. The number of fused-ring (bicyclic) bond motifs is 1. The number of rotatable bonds is 4. The zero-order chi connectivity index (χ0) is 11.5. The Morgan fingerprint density at radius 2 is 2.12 bits per heavy atom. The van der Waals surface area contributed by atoms with E-state index in [-0.39, 0.29) is 0 Å². The van der Waals surface area contributed by atoms with Gasteiger partial charge >= 0.3 is 0 Å². The molecule has 2 rings (SSSR count). The van der Waals surface area contributed by atoms with E-state index < -0.39 is 0 Å². The number of benzene rings is 1. The van der Waals surface area contributed by atoms with Crippen LogP contribution in [-0.2, 0) is 6.54 Å². The molecule has 0 bridgehead atoms. The Morgan fingerprint density at radius 3 is 2.81 bits per heavy atom. The van der Waals surface area contributed by atoms with Crippen LogP contribution < -0.4 is 0 Å². The second-order valence-corrected chi connectivity index (χ2v) is 4.22. The monoisotopic (exact) mass is 214 g/mol. The van der Waals surface area contributed by atoms with Gasteiger partial charge in [0.1, 0.15) is 0 Å². The van der Waals surface area contributed by atoms with Gasteiger partial charge in [-0.2, -0.15) is 5.10 Å². The third-order valence-corrected chi connectivity index (χ3v) is 2.79. The highest BCUT2D eigenvalue weighted by atomic mass is 15.3. The van der Waals surface area contributed by atoms with Crippen molar-refractivity contribution in [1.82, 2.24) is 9.78 Å². The molecular weight excluding hydrogens is 196 g/mol. The number of hydrogen-bond acceptors (Lipinski definition) is 1. The maximum atomic E-state index is 4.64. The summed E-state index contributed by atoms with van der Waals surface area (Å²) in [4.78, 5) is 0. The van der Waals surface area contributed by atoms with Crippen molar-refractivity contribution in [2.24, 2.45) is 0 Å². The minimum Gasteiger partial charge on any atom is -0.264 e. The molecule has 2 nitrogen and oxygen atoms in total. The van der Waals surface area contributed by atoms with E-state index in [1.165, 1.54) is 23.7 Å². The summed E-state index contributed by atoms with van der Waals surface area (Å²) in [6.07, 6.45) is 2.36. The molecule has 0 N–H and O–H groups in total. The maximum absolute atomic E-state index is 4.64. The lowest BCUT2D eigenvalue weighted by Crippen LogP contribution is -1.99. The molecule has 1 aromatic heterocycles. The van der Waals surface area contributed by atoms with Crippen LogP contribution in [0.5, 0.6) is 0 Å². The van der Waals surface area contributed by atoms with E-state index in [0.717, 1.165) is 17.8 Å². The fraction of sp³-hybridized carbons (Fsp3) is 0.357. The molecule has 0 saturated heterocycles. The Balaban J connectivity index is 2.53. The molecular formula is C14H18N2. The first-order valence-corrected chi connectivity index (χ1v) is 5.85. The van der Waals surface area contributed by atoms with Gasteiger partial charge in [0.15, 0.2) is 0 Å². The zero-order valence-corrected chi connectivity index (χ0v) is 10.0. The largest absolute Gasteiger partial charge is 0.264 e. The van der Waals surface area contributed by atoms with Crippen LogP contribution in [0.1, 0.15) is 32.4 Å². The van der Waals surface area contributed by atoms with Crippen molar-refractivity contribution in [3.05, 3.63) is 36.5 Å². The smallest absolute Gasteiger partial charge is 0.0952 e. The molecule has 1 heterocycles. The van der Waals surface area contributed by atoms with Gasteiger partial charge in [-0.15, -0.1) is 0 Å². The summed E-state index contributed by atoms with van der Waals surface area (Å²) in [6.45, 7) is 9.20. The van der Waals surface area contributed by atoms with Gasteiger partial charge in [-0.1, -0.05) is 38.1 Å². The lowest BCUT2D eigenvalue weighted by Gasteiger charge is -2.00. The Bertz CT molecular complexity index is 508. The number of para-hydroxylation sites is 1. The van der Waals surface area contributed by atoms with Crippen LogP contribution in [-0.4, -0.2) is 9.78 Å². The van der Waals surface area contributed by atoms with Crippen LogP contribution in [0.2, 0.25) is 0 Å². The molecule has 0 aliphatic heterocycles. The minimum absolute atomic E-state index is 0.990. The third kappa shape index (κ3) is 1.87. The molecule has 0 fully saturated rings. The van der Waals surface area contributed by atoms with Crippen molar-refractivity contribution in [1.29, 1.82) is 0 Å². The highest BCUT2D eigenvalue weighted by molar-refractivity contribution is 5.89. The van der Waals surface area contributed by atoms with Gasteiger partial charge in [-0.25, -0.2) is 0 Å². The summed E-state index contributed by atoms with van der Waals surface area (Å²) in [5.74, 6) is 0. The molecule has 0 radical (unpaired) electrons. The Hall–Kier alpha value is -1.57. The zero-order valence-electron chi connectivity index (χ0n) is 10.0. The summed E-state index contributed by atoms with van der Waals surface area (Å²) in [7, 11) is 0. The number of allylic oxidation sites excluding steroid dienone is 1. The highest BCUT2D eigenvalue weighted by Crippen LogP contribution is 2.23. The summed E-state index contributed by atoms with van der Waals surface area (Å²) in [6, 6.07) is 8.37. The van der Waals surface area contributed by atoms with E-state index in [1.807, 2.05) is 6.92 Å². The van der Waals surface area contributed by atoms with Gasteiger partial charge in [0.25, 0.3) is 0 Å². The fourth-order valence-electron chi connectivity index (χ4n) is 1.92. The first kappa shape index (κ1) is 10.9. The van der Waals surface area contributed by atoms with Crippen molar-refractivity contribution < 1.29 is 0 Å². The van der Waals surface area contributed by atoms with Crippen LogP contribution >= 0.6 is 0 Å². The van der Waals surface area contributed by atoms with Crippen LogP contribution in [0.15, 0.2) is 30.8 Å². The molecule has 0 aliphatic rings. The Kier molecular flexibility index (Phi) is 3.09. The quantitative estimate of drug-likeness (QED) is 0.755. The van der Waals surface area contributed by atoms with E-state index in [9.17, 15) is 0 Å². The SMILES string of the molecule is C=C(C)c1nn(CCCC)c2ccccc12. The van der Waals surface area contributed by atoms with Crippen molar-refractivity contribution in [3.8, 4) is 0 Å². The molecule has 16 heavy (non-hydrogen) atoms. The topological polar surface area (TPSA) is 17.8 Å². The van der Waals surface area contributed by atoms with E-state index >= 15 is 0 Å². The first-order valence-electron chi connectivity index (χ1n) is 5.85. The second kappa shape index (κ2) is 4.52. The first-order chi connectivity index (χ1) is 7.74. The lowest BCUT2D eigenvalue weighted by atomic mass is 10.1. The fourth-order valence-corrected chi connectivity index (χ4v) is 1.92. The molecule has 1 aromatic carbocycles. The van der Waals surface area contributed by atoms with Gasteiger partial charge in [0, 0.05) is 11.9 Å². The summed E-state index contributed by atoms with van der Waals surface area (Å²) >= 11 is 0. The summed E-state index contributed by atoms with van der Waals surface area (Å²) in [5, 5.41) is 5.86. The summed E-state index contributed by atoms with van der Waals surface area (Å²) in [5.41, 5.74) is 3.28. The van der Waals surface area contributed by atoms with E-state index in [4.69, 9.17) is 0 Å². The number of nitrogens with zero attached hydrogens (tertiary/aromatic N) is 2. The molecule has 84 valence electrons. The summed E-state index contributed by atoms with van der Waals surface area (Å²) < 4.78 is 2.10.